The molecule has 2 heterocycles. The molecule has 2 aromatic rings. The highest BCUT2D eigenvalue weighted by molar-refractivity contribution is 5.89. The lowest BCUT2D eigenvalue weighted by Gasteiger charge is -2.31. The molecule has 0 radical (unpaired) electrons. The summed E-state index contributed by atoms with van der Waals surface area (Å²) in [6.07, 6.45) is 5.03. The Kier molecular flexibility index (Phi) is 4.83. The second kappa shape index (κ2) is 7.20. The van der Waals surface area contributed by atoms with Crippen LogP contribution in [-0.4, -0.2) is 53.2 Å². The van der Waals surface area contributed by atoms with Crippen LogP contribution in [0.1, 0.15) is 18.9 Å². The van der Waals surface area contributed by atoms with E-state index in [0.29, 0.717) is 30.3 Å². The van der Waals surface area contributed by atoms with E-state index >= 15 is 0 Å². The van der Waals surface area contributed by atoms with E-state index in [1.807, 2.05) is 0 Å². The number of likely N-dealkylation sites (tertiary alicyclic amines) is 1. The van der Waals surface area contributed by atoms with Gasteiger partial charge in [0.2, 0.25) is 0 Å². The van der Waals surface area contributed by atoms with Crippen LogP contribution >= 0.6 is 0 Å². The molecule has 3 rings (SSSR count). The Morgan fingerprint density at radius 1 is 1.08 bits per heavy atom. The third-order valence-electron chi connectivity index (χ3n) is 4.12. The maximum atomic E-state index is 12.5. The molecule has 1 aliphatic heterocycles. The van der Waals surface area contributed by atoms with E-state index < -0.39 is 0 Å². The Bertz CT molecular complexity index is 659. The second-order valence-corrected chi connectivity index (χ2v) is 5.60. The number of carbonyl (C=O) groups is 1. The molecule has 24 heavy (non-hydrogen) atoms. The van der Waals surface area contributed by atoms with Crippen molar-refractivity contribution < 1.29 is 14.3 Å². The molecule has 0 atom stereocenters. The Hall–Kier alpha value is -2.77. The fourth-order valence-corrected chi connectivity index (χ4v) is 2.80. The van der Waals surface area contributed by atoms with Crippen molar-refractivity contribution in [2.75, 3.05) is 32.6 Å². The molecule has 2 amide bonds. The van der Waals surface area contributed by atoms with Gasteiger partial charge in [-0.3, -0.25) is 0 Å². The van der Waals surface area contributed by atoms with Gasteiger partial charge in [0, 0.05) is 37.0 Å². The van der Waals surface area contributed by atoms with Gasteiger partial charge in [-0.25, -0.2) is 4.79 Å². The highest BCUT2D eigenvalue weighted by Crippen LogP contribution is 2.27. The largest absolute Gasteiger partial charge is 0.497 e. The number of nitrogens with zero attached hydrogens (tertiary/aromatic N) is 4. The average molecular weight is 331 g/mol. The molecular formula is C16H21N5O3. The summed E-state index contributed by atoms with van der Waals surface area (Å²) in [6.45, 7) is 1.33. The van der Waals surface area contributed by atoms with Crippen LogP contribution in [0.4, 0.5) is 10.5 Å². The number of hydrogen-bond acceptors (Lipinski definition) is 5. The van der Waals surface area contributed by atoms with Crippen LogP contribution in [-0.2, 0) is 0 Å². The summed E-state index contributed by atoms with van der Waals surface area (Å²) >= 11 is 0. The van der Waals surface area contributed by atoms with Crippen molar-refractivity contribution >= 4 is 11.7 Å². The van der Waals surface area contributed by atoms with E-state index in [1.165, 1.54) is 0 Å². The van der Waals surface area contributed by atoms with Crippen LogP contribution < -0.4 is 14.8 Å². The van der Waals surface area contributed by atoms with Gasteiger partial charge in [-0.15, -0.1) is 0 Å². The summed E-state index contributed by atoms with van der Waals surface area (Å²) < 4.78 is 10.4. The van der Waals surface area contributed by atoms with Crippen LogP contribution in [0.15, 0.2) is 30.6 Å². The minimum atomic E-state index is -0.128. The van der Waals surface area contributed by atoms with Gasteiger partial charge in [0.15, 0.2) is 0 Å². The predicted molar refractivity (Wildman–Crippen MR) is 88.4 cm³/mol. The van der Waals surface area contributed by atoms with Gasteiger partial charge in [0.25, 0.3) is 0 Å². The molecule has 1 aromatic carbocycles. The highest BCUT2D eigenvalue weighted by Gasteiger charge is 2.24. The summed E-state index contributed by atoms with van der Waals surface area (Å²) in [5.41, 5.74) is 0.645. The van der Waals surface area contributed by atoms with Crippen molar-refractivity contribution in [1.29, 1.82) is 0 Å². The monoisotopic (exact) mass is 331 g/mol. The number of urea groups is 1. The molecule has 1 aliphatic rings. The molecule has 8 nitrogen and oxygen atoms in total. The standard InChI is InChI=1S/C16H21N5O3/c1-23-14-9-12(10-15(11-14)24-2)19-16(22)20-7-3-13(4-8-20)21-17-5-6-18-21/h5-6,9-11,13H,3-4,7-8H2,1-2H3,(H,19,22). The molecular weight excluding hydrogens is 310 g/mol. The number of aromatic nitrogens is 3. The van der Waals surface area contributed by atoms with Crippen molar-refractivity contribution in [1.82, 2.24) is 19.9 Å². The molecule has 0 aliphatic carbocycles. The molecule has 1 aromatic heterocycles. The van der Waals surface area contributed by atoms with E-state index in [1.54, 1.807) is 54.5 Å². The second-order valence-electron chi connectivity index (χ2n) is 5.60. The zero-order valence-corrected chi connectivity index (χ0v) is 13.8. The lowest BCUT2D eigenvalue weighted by molar-refractivity contribution is 0.175. The maximum Gasteiger partial charge on any atom is 0.321 e. The normalized spacial score (nSPS) is 15.2. The molecule has 1 fully saturated rings. The minimum Gasteiger partial charge on any atom is -0.497 e. The molecule has 128 valence electrons. The van der Waals surface area contributed by atoms with Crippen molar-refractivity contribution in [3.05, 3.63) is 30.6 Å². The van der Waals surface area contributed by atoms with Crippen molar-refractivity contribution in [2.45, 2.75) is 18.9 Å². The van der Waals surface area contributed by atoms with Gasteiger partial charge in [-0.2, -0.15) is 15.0 Å². The van der Waals surface area contributed by atoms with E-state index in [4.69, 9.17) is 9.47 Å². The van der Waals surface area contributed by atoms with Gasteiger partial charge in [0.05, 0.1) is 32.7 Å². The zero-order chi connectivity index (χ0) is 16.9. The fourth-order valence-electron chi connectivity index (χ4n) is 2.80. The van der Waals surface area contributed by atoms with Gasteiger partial charge in [-0.05, 0) is 12.8 Å². The van der Waals surface area contributed by atoms with Crippen LogP contribution in [0, 0.1) is 0 Å². The number of ether oxygens (including phenoxy) is 2. The highest BCUT2D eigenvalue weighted by atomic mass is 16.5. The number of methoxy groups -OCH3 is 2. The van der Waals surface area contributed by atoms with Crippen LogP contribution in [0.25, 0.3) is 0 Å². The number of rotatable bonds is 4. The Balaban J connectivity index is 1.60. The number of hydrogen-bond donors (Lipinski definition) is 1. The van der Waals surface area contributed by atoms with E-state index in [2.05, 4.69) is 15.5 Å². The first kappa shape index (κ1) is 16.1. The summed E-state index contributed by atoms with van der Waals surface area (Å²) in [5, 5.41) is 11.2. The first-order chi connectivity index (χ1) is 11.7. The Morgan fingerprint density at radius 2 is 1.67 bits per heavy atom. The first-order valence-corrected chi connectivity index (χ1v) is 7.84. The number of benzene rings is 1. The molecule has 0 spiro atoms. The van der Waals surface area contributed by atoms with Gasteiger partial charge in [-0.1, -0.05) is 0 Å². The number of piperidine rings is 1. The average Bonchev–Trinajstić information content (AvgIpc) is 3.16. The zero-order valence-electron chi connectivity index (χ0n) is 13.8. The van der Waals surface area contributed by atoms with Gasteiger partial charge in [0.1, 0.15) is 11.5 Å². The summed E-state index contributed by atoms with van der Waals surface area (Å²) in [7, 11) is 3.16. The molecule has 0 unspecified atom stereocenters. The Labute approximate surface area is 140 Å². The van der Waals surface area contributed by atoms with Crippen molar-refractivity contribution in [3.63, 3.8) is 0 Å². The lowest BCUT2D eigenvalue weighted by Crippen LogP contribution is -2.41. The van der Waals surface area contributed by atoms with Gasteiger partial charge < -0.3 is 19.7 Å². The van der Waals surface area contributed by atoms with Crippen molar-refractivity contribution in [2.24, 2.45) is 0 Å². The molecule has 0 saturated carbocycles. The number of anilines is 1. The topological polar surface area (TPSA) is 81.5 Å². The minimum absolute atomic E-state index is 0.128. The number of nitrogens with one attached hydrogen (secondary N) is 1. The summed E-state index contributed by atoms with van der Waals surface area (Å²) in [6, 6.07) is 5.41. The molecule has 0 bridgehead atoms. The smallest absolute Gasteiger partial charge is 0.321 e. The van der Waals surface area contributed by atoms with E-state index in [9.17, 15) is 4.79 Å². The molecule has 8 heteroatoms. The Morgan fingerprint density at radius 3 is 2.21 bits per heavy atom. The van der Waals surface area contributed by atoms with Crippen molar-refractivity contribution in [3.8, 4) is 11.5 Å². The first-order valence-electron chi connectivity index (χ1n) is 7.84. The molecule has 1 N–H and O–H groups in total. The van der Waals surface area contributed by atoms with Gasteiger partial charge >= 0.3 is 6.03 Å². The quantitative estimate of drug-likeness (QED) is 0.928. The third-order valence-corrected chi connectivity index (χ3v) is 4.12. The number of amides is 2. The van der Waals surface area contributed by atoms with Crippen LogP contribution in [0.5, 0.6) is 11.5 Å². The lowest BCUT2D eigenvalue weighted by atomic mass is 10.1. The van der Waals surface area contributed by atoms with Crippen LogP contribution in [0.3, 0.4) is 0 Å². The predicted octanol–water partition coefficient (Wildman–Crippen LogP) is 2.16. The number of carbonyl (C=O) groups excluding carboxylic acids is 1. The summed E-state index contributed by atoms with van der Waals surface area (Å²) in [4.78, 5) is 16.0. The van der Waals surface area contributed by atoms with E-state index in [0.717, 1.165) is 12.8 Å². The SMILES string of the molecule is COc1cc(NC(=O)N2CCC(n3nccn3)CC2)cc(OC)c1. The summed E-state index contributed by atoms with van der Waals surface area (Å²) in [5.74, 6) is 1.27. The van der Waals surface area contributed by atoms with Crippen LogP contribution in [0.2, 0.25) is 0 Å². The molecule has 1 saturated heterocycles. The third kappa shape index (κ3) is 3.58. The van der Waals surface area contributed by atoms with E-state index in [-0.39, 0.29) is 12.1 Å². The fraction of sp³-hybridized carbons (Fsp3) is 0.438. The maximum absolute atomic E-state index is 12.5.